The van der Waals surface area contributed by atoms with Gasteiger partial charge in [0.15, 0.2) is 0 Å². The van der Waals surface area contributed by atoms with Gasteiger partial charge in [-0.05, 0) is 15.9 Å². The van der Waals surface area contributed by atoms with Crippen molar-refractivity contribution in [3.05, 3.63) is 27.5 Å². The number of hydrogen-bond donors (Lipinski definition) is 0. The second-order valence-corrected chi connectivity index (χ2v) is 3.39. The van der Waals surface area contributed by atoms with Crippen molar-refractivity contribution in [1.82, 2.24) is 4.98 Å². The molecule has 6 heteroatoms. The smallest absolute Gasteiger partial charge is 0.258 e. The van der Waals surface area contributed by atoms with E-state index < -0.39 is 6.43 Å². The summed E-state index contributed by atoms with van der Waals surface area (Å²) in [7, 11) is 0. The first-order valence-electron chi connectivity index (χ1n) is 3.84. The maximum Gasteiger partial charge on any atom is 0.266 e. The van der Waals surface area contributed by atoms with Gasteiger partial charge in [-0.3, -0.25) is 4.98 Å². The van der Waals surface area contributed by atoms with Crippen LogP contribution in [-0.2, 0) is 6.42 Å². The van der Waals surface area contributed by atoms with Gasteiger partial charge in [0.1, 0.15) is 6.07 Å². The topological polar surface area (TPSA) is 60.5 Å². The van der Waals surface area contributed by atoms with Crippen LogP contribution in [-0.4, -0.2) is 4.98 Å². The minimum absolute atomic E-state index is 0.00150. The van der Waals surface area contributed by atoms with Crippen molar-refractivity contribution in [3.63, 3.8) is 0 Å². The highest BCUT2D eigenvalue weighted by molar-refractivity contribution is 9.10. The summed E-state index contributed by atoms with van der Waals surface area (Å²) >= 11 is 2.91. The lowest BCUT2D eigenvalue weighted by Gasteiger charge is -2.08. The second kappa shape index (κ2) is 4.81. The number of hydrogen-bond acceptors (Lipinski definition) is 3. The Bertz CT molecular complexity index is 460. The second-order valence-electron chi connectivity index (χ2n) is 2.59. The lowest BCUT2D eigenvalue weighted by Crippen LogP contribution is -2.01. The summed E-state index contributed by atoms with van der Waals surface area (Å²) in [5.74, 6) is 0. The number of nitrogens with zero attached hydrogens (tertiary/aromatic N) is 3. The van der Waals surface area contributed by atoms with Crippen LogP contribution in [0, 0.1) is 22.7 Å². The number of aromatic nitrogens is 1. The summed E-state index contributed by atoms with van der Waals surface area (Å²) in [6.07, 6.45) is -1.80. The van der Waals surface area contributed by atoms with Crippen LogP contribution in [0.15, 0.2) is 10.7 Å². The van der Waals surface area contributed by atoms with Crippen LogP contribution in [0.3, 0.4) is 0 Å². The van der Waals surface area contributed by atoms with E-state index in [1.54, 1.807) is 12.1 Å². The zero-order chi connectivity index (χ0) is 11.4. The zero-order valence-corrected chi connectivity index (χ0v) is 8.92. The van der Waals surface area contributed by atoms with Gasteiger partial charge in [0.25, 0.3) is 6.43 Å². The van der Waals surface area contributed by atoms with E-state index in [9.17, 15) is 8.78 Å². The van der Waals surface area contributed by atoms with Crippen LogP contribution >= 0.6 is 15.9 Å². The molecule has 0 unspecified atom stereocenters. The highest BCUT2D eigenvalue weighted by atomic mass is 79.9. The Morgan fingerprint density at radius 2 is 2.13 bits per heavy atom. The van der Waals surface area contributed by atoms with Crippen LogP contribution in [0.25, 0.3) is 0 Å². The van der Waals surface area contributed by atoms with Crippen LogP contribution in [0.1, 0.15) is 23.2 Å². The Morgan fingerprint density at radius 1 is 1.47 bits per heavy atom. The molecule has 0 aromatic carbocycles. The predicted octanol–water partition coefficient (Wildman–Crippen LogP) is 2.72. The first kappa shape index (κ1) is 11.5. The van der Waals surface area contributed by atoms with Gasteiger partial charge in [-0.25, -0.2) is 8.78 Å². The molecule has 1 heterocycles. The molecule has 0 saturated heterocycles. The fourth-order valence-corrected chi connectivity index (χ4v) is 1.65. The molecule has 1 aromatic rings. The largest absolute Gasteiger partial charge is 0.266 e. The molecular formula is C9H4BrF2N3. The average molecular weight is 272 g/mol. The molecule has 0 amide bonds. The summed E-state index contributed by atoms with van der Waals surface area (Å²) in [6.45, 7) is 0. The molecule has 0 aliphatic carbocycles. The Kier molecular flexibility index (Phi) is 3.70. The molecule has 0 bridgehead atoms. The molecule has 0 aliphatic heterocycles. The van der Waals surface area contributed by atoms with Crippen LogP contribution in [0.4, 0.5) is 8.78 Å². The van der Waals surface area contributed by atoms with Crippen LogP contribution in [0.2, 0.25) is 0 Å². The molecule has 0 radical (unpaired) electrons. The first-order valence-corrected chi connectivity index (χ1v) is 4.63. The molecule has 3 nitrogen and oxygen atoms in total. The molecule has 0 saturated carbocycles. The van der Waals surface area contributed by atoms with Crippen LogP contribution in [0.5, 0.6) is 0 Å². The van der Waals surface area contributed by atoms with E-state index in [4.69, 9.17) is 10.5 Å². The molecule has 15 heavy (non-hydrogen) atoms. The minimum atomic E-state index is -2.76. The Balaban J connectivity index is 3.40. The Hall–Kier alpha value is -1.53. The summed E-state index contributed by atoms with van der Waals surface area (Å²) in [5, 5.41) is 17.0. The standard InChI is InChI=1S/C9H4BrF2N3/c10-8-5(3-14)4-15-6(1-2-13)7(8)9(11)12/h4,9H,1H2. The van der Waals surface area contributed by atoms with Gasteiger partial charge in [0.2, 0.25) is 0 Å². The monoisotopic (exact) mass is 271 g/mol. The SMILES string of the molecule is N#CCc1ncc(C#N)c(Br)c1C(F)F. The molecular weight excluding hydrogens is 268 g/mol. The quantitative estimate of drug-likeness (QED) is 0.831. The van der Waals surface area contributed by atoms with E-state index in [1.807, 2.05) is 0 Å². The van der Waals surface area contributed by atoms with Gasteiger partial charge in [-0.2, -0.15) is 10.5 Å². The first-order chi connectivity index (χ1) is 7.11. The van der Waals surface area contributed by atoms with Gasteiger partial charge in [-0.1, -0.05) is 0 Å². The summed E-state index contributed by atoms with van der Waals surface area (Å²) in [6, 6.07) is 3.48. The number of nitriles is 2. The molecule has 0 atom stereocenters. The third-order valence-electron chi connectivity index (χ3n) is 1.72. The number of pyridine rings is 1. The number of halogens is 3. The van der Waals surface area contributed by atoms with Gasteiger partial charge in [0, 0.05) is 10.7 Å². The summed E-state index contributed by atoms with van der Waals surface area (Å²) < 4.78 is 25.3. The van der Waals surface area contributed by atoms with Crippen molar-refractivity contribution in [2.75, 3.05) is 0 Å². The van der Waals surface area contributed by atoms with E-state index >= 15 is 0 Å². The van der Waals surface area contributed by atoms with Crippen molar-refractivity contribution >= 4 is 15.9 Å². The molecule has 1 rings (SSSR count). The molecule has 0 aliphatic rings. The van der Waals surface area contributed by atoms with Gasteiger partial charge in [0.05, 0.1) is 29.3 Å². The van der Waals surface area contributed by atoms with E-state index in [2.05, 4.69) is 20.9 Å². The molecule has 0 N–H and O–H groups in total. The minimum Gasteiger partial charge on any atom is -0.258 e. The fraction of sp³-hybridized carbons (Fsp3) is 0.222. The molecule has 76 valence electrons. The van der Waals surface area contributed by atoms with Crippen molar-refractivity contribution in [1.29, 1.82) is 10.5 Å². The van der Waals surface area contributed by atoms with E-state index in [0.29, 0.717) is 0 Å². The summed E-state index contributed by atoms with van der Waals surface area (Å²) in [5.41, 5.74) is -0.346. The predicted molar refractivity (Wildman–Crippen MR) is 50.9 cm³/mol. The van der Waals surface area contributed by atoms with E-state index in [0.717, 1.165) is 0 Å². The number of rotatable bonds is 2. The average Bonchev–Trinajstić information content (AvgIpc) is 2.18. The lowest BCUT2D eigenvalue weighted by molar-refractivity contribution is 0.149. The van der Waals surface area contributed by atoms with Crippen molar-refractivity contribution < 1.29 is 8.78 Å². The van der Waals surface area contributed by atoms with Gasteiger partial charge >= 0.3 is 0 Å². The van der Waals surface area contributed by atoms with Crippen molar-refractivity contribution in [3.8, 4) is 12.1 Å². The van der Waals surface area contributed by atoms with Gasteiger partial charge in [-0.15, -0.1) is 0 Å². The normalized spacial score (nSPS) is 9.73. The highest BCUT2D eigenvalue weighted by Crippen LogP contribution is 2.31. The Morgan fingerprint density at radius 3 is 2.60 bits per heavy atom. The molecule has 0 spiro atoms. The lowest BCUT2D eigenvalue weighted by atomic mass is 10.1. The van der Waals surface area contributed by atoms with Crippen molar-refractivity contribution in [2.24, 2.45) is 0 Å². The Labute approximate surface area is 93.1 Å². The fourth-order valence-electron chi connectivity index (χ4n) is 1.06. The molecule has 0 fully saturated rings. The van der Waals surface area contributed by atoms with Crippen LogP contribution < -0.4 is 0 Å². The third-order valence-corrected chi connectivity index (χ3v) is 2.57. The maximum atomic E-state index is 12.6. The van der Waals surface area contributed by atoms with Crippen molar-refractivity contribution in [2.45, 2.75) is 12.8 Å². The van der Waals surface area contributed by atoms with E-state index in [1.165, 1.54) is 6.20 Å². The van der Waals surface area contributed by atoms with E-state index in [-0.39, 0.29) is 27.7 Å². The number of alkyl halides is 2. The zero-order valence-electron chi connectivity index (χ0n) is 7.34. The van der Waals surface area contributed by atoms with Gasteiger partial charge < -0.3 is 0 Å². The summed E-state index contributed by atoms with van der Waals surface area (Å²) in [4.78, 5) is 3.67. The third kappa shape index (κ3) is 2.28. The highest BCUT2D eigenvalue weighted by Gasteiger charge is 2.20. The maximum absolute atomic E-state index is 12.6. The molecule has 1 aromatic heterocycles.